The molecule has 0 heterocycles. The summed E-state index contributed by atoms with van der Waals surface area (Å²) in [7, 11) is 0. The van der Waals surface area contributed by atoms with Gasteiger partial charge < -0.3 is 18.9 Å². The van der Waals surface area contributed by atoms with E-state index in [2.05, 4.69) is 24.3 Å². The molecule has 0 radical (unpaired) electrons. The molecule has 1 fully saturated rings. The maximum absolute atomic E-state index is 12.8. The van der Waals surface area contributed by atoms with Crippen LogP contribution in [0.15, 0.2) is 119 Å². The first-order chi connectivity index (χ1) is 21.6. The summed E-state index contributed by atoms with van der Waals surface area (Å²) in [5, 5.41) is 0. The molecular weight excluding hydrogens is 593 g/mol. The van der Waals surface area contributed by atoms with Crippen LogP contribution in [0.4, 0.5) is 0 Å². The van der Waals surface area contributed by atoms with Gasteiger partial charge in [0.05, 0.1) is 25.0 Å². The SMILES string of the molecule is O=C(Oc1ccc(OCCSc2ccccc2)cc1)[C@H]1CC[C@H](C(=O)Oc2ccc(OCCSc3ccccc3)cc2)CC1. The first kappa shape index (κ1) is 31.5. The second-order valence-corrected chi connectivity index (χ2v) is 12.7. The molecule has 4 aromatic carbocycles. The average molecular weight is 629 g/mol. The molecule has 0 aromatic heterocycles. The van der Waals surface area contributed by atoms with E-state index in [0.717, 1.165) is 23.0 Å². The molecular formula is C36H36O6S2. The molecule has 0 amide bonds. The zero-order valence-electron chi connectivity index (χ0n) is 24.5. The Morgan fingerprint density at radius 1 is 0.500 bits per heavy atom. The van der Waals surface area contributed by atoms with Crippen molar-refractivity contribution >= 4 is 35.5 Å². The predicted molar refractivity (Wildman–Crippen MR) is 175 cm³/mol. The van der Waals surface area contributed by atoms with E-state index in [0.29, 0.717) is 50.4 Å². The number of benzene rings is 4. The molecule has 8 heteroatoms. The van der Waals surface area contributed by atoms with Crippen molar-refractivity contribution < 1.29 is 28.5 Å². The lowest BCUT2D eigenvalue weighted by atomic mass is 9.82. The summed E-state index contributed by atoms with van der Waals surface area (Å²) < 4.78 is 22.9. The van der Waals surface area contributed by atoms with Crippen LogP contribution in [0.25, 0.3) is 0 Å². The standard InChI is InChI=1S/C36H36O6S2/c37-35(41-31-19-15-29(16-20-31)39-23-25-43-33-7-3-1-4-8-33)27-11-13-28(14-12-27)36(38)42-32-21-17-30(18-22-32)40-24-26-44-34-9-5-2-6-10-34/h1-10,15-22,27-28H,11-14,23-26H2/t27-,28-. The monoisotopic (exact) mass is 628 g/mol. The predicted octanol–water partition coefficient (Wildman–Crippen LogP) is 8.35. The molecule has 44 heavy (non-hydrogen) atoms. The Hall–Kier alpha value is -3.88. The molecule has 0 bridgehead atoms. The van der Waals surface area contributed by atoms with Gasteiger partial charge in [0.2, 0.25) is 0 Å². The Morgan fingerprint density at radius 3 is 1.20 bits per heavy atom. The fourth-order valence-corrected chi connectivity index (χ4v) is 6.35. The van der Waals surface area contributed by atoms with Gasteiger partial charge in [0, 0.05) is 21.3 Å². The minimum absolute atomic E-state index is 0.235. The van der Waals surface area contributed by atoms with Crippen LogP contribution in [-0.4, -0.2) is 36.7 Å². The Balaban J connectivity index is 0.968. The quantitative estimate of drug-likeness (QED) is 0.0597. The second-order valence-electron chi connectivity index (χ2n) is 10.4. The van der Waals surface area contributed by atoms with Crippen molar-refractivity contribution in [1.82, 2.24) is 0 Å². The molecule has 228 valence electrons. The Bertz CT molecular complexity index is 1320. The van der Waals surface area contributed by atoms with Gasteiger partial charge in [0.25, 0.3) is 0 Å². The lowest BCUT2D eigenvalue weighted by molar-refractivity contribution is -0.145. The van der Waals surface area contributed by atoms with Gasteiger partial charge in [-0.1, -0.05) is 36.4 Å². The molecule has 0 aliphatic heterocycles. The molecule has 0 spiro atoms. The Kier molecular flexibility index (Phi) is 12.1. The fraction of sp³-hybridized carbons (Fsp3) is 0.278. The van der Waals surface area contributed by atoms with Crippen molar-refractivity contribution in [2.75, 3.05) is 24.7 Å². The molecule has 1 aliphatic rings. The first-order valence-corrected chi connectivity index (χ1v) is 16.8. The van der Waals surface area contributed by atoms with Crippen LogP contribution in [0.3, 0.4) is 0 Å². The molecule has 0 atom stereocenters. The highest BCUT2D eigenvalue weighted by atomic mass is 32.2. The third-order valence-electron chi connectivity index (χ3n) is 7.21. The van der Waals surface area contributed by atoms with Crippen molar-refractivity contribution in [2.24, 2.45) is 11.8 Å². The minimum Gasteiger partial charge on any atom is -0.493 e. The van der Waals surface area contributed by atoms with Crippen LogP contribution in [0.1, 0.15) is 25.7 Å². The number of rotatable bonds is 14. The number of carbonyl (C=O) groups is 2. The van der Waals surface area contributed by atoms with E-state index in [1.807, 2.05) is 60.7 Å². The van der Waals surface area contributed by atoms with E-state index in [1.54, 1.807) is 47.8 Å². The Labute approximate surface area is 267 Å². The van der Waals surface area contributed by atoms with Crippen molar-refractivity contribution in [3.8, 4) is 23.0 Å². The summed E-state index contributed by atoms with van der Waals surface area (Å²) in [5.74, 6) is 3.14. The maximum Gasteiger partial charge on any atom is 0.314 e. The zero-order valence-corrected chi connectivity index (χ0v) is 26.1. The van der Waals surface area contributed by atoms with Crippen molar-refractivity contribution in [3.63, 3.8) is 0 Å². The summed E-state index contributed by atoms with van der Waals surface area (Å²) in [4.78, 5) is 28.0. The van der Waals surface area contributed by atoms with Crippen LogP contribution in [0.5, 0.6) is 23.0 Å². The number of carbonyl (C=O) groups excluding carboxylic acids is 2. The lowest BCUT2D eigenvalue weighted by Gasteiger charge is -2.25. The summed E-state index contributed by atoms with van der Waals surface area (Å²) in [6.45, 7) is 1.16. The van der Waals surface area contributed by atoms with Gasteiger partial charge in [-0.05, 0) is 98.5 Å². The third-order valence-corrected chi connectivity index (χ3v) is 9.16. The van der Waals surface area contributed by atoms with Crippen LogP contribution >= 0.6 is 23.5 Å². The molecule has 1 aliphatic carbocycles. The molecule has 1 saturated carbocycles. The Morgan fingerprint density at radius 2 is 0.841 bits per heavy atom. The molecule has 4 aromatic rings. The first-order valence-electron chi connectivity index (χ1n) is 14.9. The van der Waals surface area contributed by atoms with Crippen LogP contribution in [-0.2, 0) is 9.59 Å². The molecule has 0 saturated heterocycles. The largest absolute Gasteiger partial charge is 0.493 e. The van der Waals surface area contributed by atoms with Gasteiger partial charge in [-0.3, -0.25) is 9.59 Å². The van der Waals surface area contributed by atoms with Crippen LogP contribution in [0, 0.1) is 11.8 Å². The lowest BCUT2D eigenvalue weighted by Crippen LogP contribution is -2.30. The molecule has 0 N–H and O–H groups in total. The van der Waals surface area contributed by atoms with E-state index in [4.69, 9.17) is 18.9 Å². The van der Waals surface area contributed by atoms with E-state index < -0.39 is 0 Å². The van der Waals surface area contributed by atoms with E-state index in [1.165, 1.54) is 9.79 Å². The summed E-state index contributed by atoms with van der Waals surface area (Å²) >= 11 is 3.49. The second kappa shape index (κ2) is 16.8. The van der Waals surface area contributed by atoms with Gasteiger partial charge >= 0.3 is 11.9 Å². The van der Waals surface area contributed by atoms with Crippen molar-refractivity contribution in [3.05, 3.63) is 109 Å². The minimum atomic E-state index is -0.262. The molecule has 0 unspecified atom stereocenters. The van der Waals surface area contributed by atoms with E-state index in [-0.39, 0.29) is 23.8 Å². The smallest absolute Gasteiger partial charge is 0.314 e. The number of hydrogen-bond donors (Lipinski definition) is 0. The van der Waals surface area contributed by atoms with Crippen molar-refractivity contribution in [1.29, 1.82) is 0 Å². The normalized spacial score (nSPS) is 16.1. The van der Waals surface area contributed by atoms with E-state index >= 15 is 0 Å². The highest BCUT2D eigenvalue weighted by Crippen LogP contribution is 2.32. The van der Waals surface area contributed by atoms with Crippen molar-refractivity contribution in [2.45, 2.75) is 35.5 Å². The number of ether oxygens (including phenoxy) is 4. The third kappa shape index (κ3) is 10.1. The maximum atomic E-state index is 12.8. The highest BCUT2D eigenvalue weighted by Gasteiger charge is 2.32. The van der Waals surface area contributed by atoms with Gasteiger partial charge in [0.1, 0.15) is 23.0 Å². The van der Waals surface area contributed by atoms with Gasteiger partial charge in [-0.25, -0.2) is 0 Å². The summed E-state index contributed by atoms with van der Waals surface area (Å²) in [5.41, 5.74) is 0. The number of thioether (sulfide) groups is 2. The molecule has 5 rings (SSSR count). The average Bonchev–Trinajstić information content (AvgIpc) is 3.07. The fourth-order valence-electron chi connectivity index (χ4n) is 4.84. The topological polar surface area (TPSA) is 71.1 Å². The zero-order chi connectivity index (χ0) is 30.4. The van der Waals surface area contributed by atoms with Crippen LogP contribution < -0.4 is 18.9 Å². The number of esters is 2. The van der Waals surface area contributed by atoms with Gasteiger partial charge in [-0.15, -0.1) is 23.5 Å². The van der Waals surface area contributed by atoms with Gasteiger partial charge in [-0.2, -0.15) is 0 Å². The number of hydrogen-bond acceptors (Lipinski definition) is 8. The van der Waals surface area contributed by atoms with Crippen LogP contribution in [0.2, 0.25) is 0 Å². The highest BCUT2D eigenvalue weighted by molar-refractivity contribution is 7.99. The summed E-state index contributed by atoms with van der Waals surface area (Å²) in [6, 6.07) is 34.7. The van der Waals surface area contributed by atoms with E-state index in [9.17, 15) is 9.59 Å². The summed E-state index contributed by atoms with van der Waals surface area (Å²) in [6.07, 6.45) is 2.36. The molecule has 6 nitrogen and oxygen atoms in total. The van der Waals surface area contributed by atoms with Gasteiger partial charge in [0.15, 0.2) is 0 Å².